The fraction of sp³-hybridized carbons (Fsp3) is 0.0667. The number of hydrogen-bond donors (Lipinski definition) is 1. The van der Waals surface area contributed by atoms with Gasteiger partial charge in [-0.05, 0) is 29.6 Å². The molecular weight excluding hydrogens is 307 g/mol. The molecule has 3 rings (SSSR count). The van der Waals surface area contributed by atoms with E-state index in [-0.39, 0.29) is 18.1 Å². The molecule has 0 atom stereocenters. The lowest BCUT2D eigenvalue weighted by atomic mass is 10.2. The second-order valence-corrected chi connectivity index (χ2v) is 6.03. The monoisotopic (exact) mass is 318 g/mol. The summed E-state index contributed by atoms with van der Waals surface area (Å²) in [5.41, 5.74) is 2.24. The first-order valence-corrected chi connectivity index (χ1v) is 8.05. The molecule has 0 aliphatic heterocycles. The van der Waals surface area contributed by atoms with Gasteiger partial charge in [-0.15, -0.1) is 11.3 Å². The number of thiazole rings is 1. The van der Waals surface area contributed by atoms with Crippen LogP contribution in [0.4, 0.5) is 10.1 Å². The van der Waals surface area contributed by atoms with Crippen molar-refractivity contribution < 1.29 is 9.18 Å². The van der Waals surface area contributed by atoms with Gasteiger partial charge in [-0.3, -0.25) is 4.79 Å². The maximum atomic E-state index is 13.0. The molecule has 6 heteroatoms. The van der Waals surface area contributed by atoms with Crippen molar-refractivity contribution in [1.82, 2.24) is 4.98 Å². The predicted molar refractivity (Wildman–Crippen MR) is 84.2 cm³/mol. The zero-order valence-electron chi connectivity index (χ0n) is 10.9. The molecule has 1 amide bonds. The van der Waals surface area contributed by atoms with Crippen LogP contribution in [0.5, 0.6) is 0 Å². The lowest BCUT2D eigenvalue weighted by molar-refractivity contribution is -0.115. The summed E-state index contributed by atoms with van der Waals surface area (Å²) in [6, 6.07) is 7.83. The summed E-state index contributed by atoms with van der Waals surface area (Å²) in [6.45, 7) is 0. The SMILES string of the molecule is O=C(Cc1csc(-c2ccsc2)n1)Nc1cccc(F)c1. The van der Waals surface area contributed by atoms with Crippen molar-refractivity contribution in [1.29, 1.82) is 0 Å². The number of anilines is 1. The molecule has 1 aromatic carbocycles. The lowest BCUT2D eigenvalue weighted by Gasteiger charge is -2.03. The second kappa shape index (κ2) is 6.15. The number of carbonyl (C=O) groups excluding carboxylic acids is 1. The van der Waals surface area contributed by atoms with Gasteiger partial charge in [0, 0.05) is 22.0 Å². The summed E-state index contributed by atoms with van der Waals surface area (Å²) in [4.78, 5) is 16.4. The predicted octanol–water partition coefficient (Wildman–Crippen LogP) is 4.19. The largest absolute Gasteiger partial charge is 0.326 e. The molecular formula is C15H11FN2OS2. The van der Waals surface area contributed by atoms with E-state index in [0.717, 1.165) is 16.3 Å². The first-order chi connectivity index (χ1) is 10.2. The highest BCUT2D eigenvalue weighted by molar-refractivity contribution is 7.14. The van der Waals surface area contributed by atoms with Crippen LogP contribution < -0.4 is 5.32 Å². The number of amides is 1. The van der Waals surface area contributed by atoms with E-state index in [9.17, 15) is 9.18 Å². The van der Waals surface area contributed by atoms with Crippen LogP contribution in [0.2, 0.25) is 0 Å². The first-order valence-electron chi connectivity index (χ1n) is 6.23. The Hall–Kier alpha value is -2.05. The molecule has 1 N–H and O–H groups in total. The van der Waals surface area contributed by atoms with Gasteiger partial charge in [0.05, 0.1) is 12.1 Å². The molecule has 0 bridgehead atoms. The number of hydrogen-bond acceptors (Lipinski definition) is 4. The standard InChI is InChI=1S/C15H11FN2OS2/c16-11-2-1-3-12(6-11)17-14(19)7-13-9-21-15(18-13)10-4-5-20-8-10/h1-6,8-9H,7H2,(H,17,19). The fourth-order valence-electron chi connectivity index (χ4n) is 1.84. The van der Waals surface area contributed by atoms with Crippen molar-refractivity contribution >= 4 is 34.3 Å². The number of nitrogens with zero attached hydrogens (tertiary/aromatic N) is 1. The van der Waals surface area contributed by atoms with Gasteiger partial charge in [-0.2, -0.15) is 11.3 Å². The smallest absolute Gasteiger partial charge is 0.230 e. The molecule has 0 radical (unpaired) electrons. The third kappa shape index (κ3) is 3.53. The molecule has 0 saturated carbocycles. The molecule has 0 aliphatic carbocycles. The number of halogens is 1. The van der Waals surface area contributed by atoms with E-state index in [2.05, 4.69) is 10.3 Å². The molecule has 2 heterocycles. The van der Waals surface area contributed by atoms with Crippen LogP contribution >= 0.6 is 22.7 Å². The lowest BCUT2D eigenvalue weighted by Crippen LogP contribution is -2.14. The van der Waals surface area contributed by atoms with Crippen molar-refractivity contribution in [2.75, 3.05) is 5.32 Å². The van der Waals surface area contributed by atoms with Crippen molar-refractivity contribution in [2.45, 2.75) is 6.42 Å². The molecule has 2 aromatic heterocycles. The zero-order chi connectivity index (χ0) is 14.7. The third-order valence-corrected chi connectivity index (χ3v) is 4.39. The summed E-state index contributed by atoms with van der Waals surface area (Å²) in [6.07, 6.45) is 0.178. The Labute approximate surface area is 129 Å². The summed E-state index contributed by atoms with van der Waals surface area (Å²) in [5.74, 6) is -0.580. The molecule has 21 heavy (non-hydrogen) atoms. The van der Waals surface area contributed by atoms with E-state index in [1.165, 1.54) is 23.5 Å². The van der Waals surface area contributed by atoms with Crippen LogP contribution in [0, 0.1) is 5.82 Å². The van der Waals surface area contributed by atoms with Gasteiger partial charge in [0.2, 0.25) is 5.91 Å². The van der Waals surface area contributed by atoms with Crippen molar-refractivity contribution in [3.63, 3.8) is 0 Å². The van der Waals surface area contributed by atoms with Crippen LogP contribution in [-0.4, -0.2) is 10.9 Å². The van der Waals surface area contributed by atoms with Gasteiger partial charge in [0.15, 0.2) is 0 Å². The minimum absolute atomic E-state index is 0.178. The van der Waals surface area contributed by atoms with Gasteiger partial charge < -0.3 is 5.32 Å². The normalized spacial score (nSPS) is 10.5. The summed E-state index contributed by atoms with van der Waals surface area (Å²) >= 11 is 3.13. The highest BCUT2D eigenvalue weighted by Gasteiger charge is 2.09. The van der Waals surface area contributed by atoms with Gasteiger partial charge in [0.25, 0.3) is 0 Å². The zero-order valence-corrected chi connectivity index (χ0v) is 12.5. The number of aromatic nitrogens is 1. The van der Waals surface area contributed by atoms with E-state index < -0.39 is 0 Å². The molecule has 0 aliphatic rings. The minimum atomic E-state index is -0.374. The van der Waals surface area contributed by atoms with Crippen molar-refractivity contribution in [3.05, 3.63) is 58.0 Å². The summed E-state index contributed by atoms with van der Waals surface area (Å²) < 4.78 is 13.0. The highest BCUT2D eigenvalue weighted by Crippen LogP contribution is 2.25. The molecule has 0 saturated heterocycles. The molecule has 0 spiro atoms. The summed E-state index contributed by atoms with van der Waals surface area (Å²) in [7, 11) is 0. The number of benzene rings is 1. The van der Waals surface area contributed by atoms with E-state index in [0.29, 0.717) is 5.69 Å². The topological polar surface area (TPSA) is 42.0 Å². The average molecular weight is 318 g/mol. The Morgan fingerprint density at radius 3 is 2.95 bits per heavy atom. The van der Waals surface area contributed by atoms with E-state index in [1.54, 1.807) is 23.5 Å². The average Bonchev–Trinajstić information content (AvgIpc) is 3.08. The number of carbonyl (C=O) groups is 1. The van der Waals surface area contributed by atoms with Crippen LogP contribution in [0.3, 0.4) is 0 Å². The number of nitrogens with one attached hydrogen (secondary N) is 1. The van der Waals surface area contributed by atoms with Gasteiger partial charge in [-0.1, -0.05) is 6.07 Å². The van der Waals surface area contributed by atoms with Gasteiger partial charge >= 0.3 is 0 Å². The molecule has 3 nitrogen and oxygen atoms in total. The third-order valence-electron chi connectivity index (χ3n) is 2.77. The maximum absolute atomic E-state index is 13.0. The molecule has 0 unspecified atom stereocenters. The van der Waals surface area contributed by atoms with E-state index in [1.807, 2.05) is 22.2 Å². The molecule has 0 fully saturated rings. The fourth-order valence-corrected chi connectivity index (χ4v) is 3.37. The molecule has 106 valence electrons. The molecule has 3 aromatic rings. The Morgan fingerprint density at radius 1 is 1.29 bits per heavy atom. The van der Waals surface area contributed by atoms with Crippen LogP contribution in [-0.2, 0) is 11.2 Å². The quantitative estimate of drug-likeness (QED) is 0.783. The van der Waals surface area contributed by atoms with Crippen LogP contribution in [0.25, 0.3) is 10.6 Å². The Bertz CT molecular complexity index is 753. The van der Waals surface area contributed by atoms with Crippen LogP contribution in [0.15, 0.2) is 46.5 Å². The van der Waals surface area contributed by atoms with Crippen molar-refractivity contribution in [2.24, 2.45) is 0 Å². The highest BCUT2D eigenvalue weighted by atomic mass is 32.1. The second-order valence-electron chi connectivity index (χ2n) is 4.39. The van der Waals surface area contributed by atoms with E-state index in [4.69, 9.17) is 0 Å². The first kappa shape index (κ1) is 13.9. The minimum Gasteiger partial charge on any atom is -0.326 e. The van der Waals surface area contributed by atoms with Gasteiger partial charge in [-0.25, -0.2) is 9.37 Å². The summed E-state index contributed by atoms with van der Waals surface area (Å²) in [5, 5.41) is 9.46. The van der Waals surface area contributed by atoms with Crippen molar-refractivity contribution in [3.8, 4) is 10.6 Å². The maximum Gasteiger partial charge on any atom is 0.230 e. The van der Waals surface area contributed by atoms with Crippen LogP contribution in [0.1, 0.15) is 5.69 Å². The Balaban J connectivity index is 1.65. The number of rotatable bonds is 4. The Kier molecular flexibility index (Phi) is 4.08. The van der Waals surface area contributed by atoms with Gasteiger partial charge in [0.1, 0.15) is 10.8 Å². The Morgan fingerprint density at radius 2 is 2.19 bits per heavy atom. The van der Waals surface area contributed by atoms with E-state index >= 15 is 0 Å². The number of thiophene rings is 1.